The topological polar surface area (TPSA) is 64.7 Å². The summed E-state index contributed by atoms with van der Waals surface area (Å²) >= 11 is 0. The van der Waals surface area contributed by atoms with Gasteiger partial charge < -0.3 is 20.3 Å². The van der Waals surface area contributed by atoms with E-state index in [-0.39, 0.29) is 5.56 Å². The van der Waals surface area contributed by atoms with Crippen LogP contribution in [0.15, 0.2) is 30.3 Å². The summed E-state index contributed by atoms with van der Waals surface area (Å²) in [7, 11) is 0. The summed E-state index contributed by atoms with van der Waals surface area (Å²) in [5.74, 6) is 0.282. The molecule has 2 aromatic rings. The molecule has 0 spiro atoms. The Bertz CT molecular complexity index is 744. The Morgan fingerprint density at radius 3 is 2.43 bits per heavy atom. The second-order valence-corrected chi connectivity index (χ2v) is 5.18. The lowest BCUT2D eigenvalue weighted by Gasteiger charge is -2.16. The second kappa shape index (κ2) is 5.57. The van der Waals surface area contributed by atoms with Crippen LogP contribution in [0.4, 0.5) is 18.9 Å². The number of aromatic hydroxyl groups is 1. The fourth-order valence-electron chi connectivity index (χ4n) is 2.43. The second-order valence-electron chi connectivity index (χ2n) is 5.18. The zero-order valence-corrected chi connectivity index (χ0v) is 12.0. The van der Waals surface area contributed by atoms with Gasteiger partial charge in [-0.05, 0) is 24.3 Å². The van der Waals surface area contributed by atoms with Gasteiger partial charge in [-0.2, -0.15) is 13.2 Å². The zero-order valence-electron chi connectivity index (χ0n) is 12.0. The highest BCUT2D eigenvalue weighted by atomic mass is 19.4. The highest BCUT2D eigenvalue weighted by Crippen LogP contribution is 2.45. The van der Waals surface area contributed by atoms with Crippen LogP contribution in [0.2, 0.25) is 0 Å². The van der Waals surface area contributed by atoms with Crippen LogP contribution in [0.1, 0.15) is 12.0 Å². The average molecular weight is 325 g/mol. The third-order valence-electron chi connectivity index (χ3n) is 3.49. The summed E-state index contributed by atoms with van der Waals surface area (Å²) in [6, 6.07) is 5.91. The molecule has 1 heterocycles. The molecule has 0 unspecified atom stereocenters. The fourth-order valence-corrected chi connectivity index (χ4v) is 2.43. The van der Waals surface area contributed by atoms with Crippen LogP contribution in [0, 0.1) is 0 Å². The van der Waals surface area contributed by atoms with Gasteiger partial charge in [0, 0.05) is 29.3 Å². The van der Waals surface area contributed by atoms with Gasteiger partial charge >= 0.3 is 6.18 Å². The van der Waals surface area contributed by atoms with Crippen molar-refractivity contribution >= 4 is 5.69 Å². The van der Waals surface area contributed by atoms with Crippen molar-refractivity contribution in [1.82, 2.24) is 0 Å². The molecule has 1 aliphatic rings. The van der Waals surface area contributed by atoms with Gasteiger partial charge in [0.15, 0.2) is 11.5 Å². The molecular weight excluding hydrogens is 311 g/mol. The van der Waals surface area contributed by atoms with Crippen LogP contribution in [0.25, 0.3) is 11.1 Å². The van der Waals surface area contributed by atoms with Crippen molar-refractivity contribution in [3.05, 3.63) is 35.9 Å². The number of fused-ring (bicyclic) bond motifs is 1. The maximum Gasteiger partial charge on any atom is 0.416 e. The first-order valence-corrected chi connectivity index (χ1v) is 6.96. The van der Waals surface area contributed by atoms with Crippen LogP contribution in [-0.2, 0) is 6.18 Å². The number of nitrogens with two attached hydrogens (primary N) is 1. The van der Waals surface area contributed by atoms with Gasteiger partial charge in [-0.3, -0.25) is 0 Å². The molecule has 0 amide bonds. The largest absolute Gasteiger partial charge is 0.507 e. The van der Waals surface area contributed by atoms with E-state index in [0.717, 1.165) is 6.07 Å². The predicted octanol–water partition coefficient (Wildman–Crippen LogP) is 3.82. The number of hydrogen-bond donors (Lipinski definition) is 2. The van der Waals surface area contributed by atoms with E-state index in [9.17, 15) is 18.3 Å². The smallest absolute Gasteiger partial charge is 0.416 e. The van der Waals surface area contributed by atoms with E-state index in [1.807, 2.05) is 0 Å². The van der Waals surface area contributed by atoms with E-state index in [1.54, 1.807) is 6.07 Å². The summed E-state index contributed by atoms with van der Waals surface area (Å²) in [5.41, 5.74) is 5.86. The van der Waals surface area contributed by atoms with Crippen molar-refractivity contribution in [3.8, 4) is 28.4 Å². The van der Waals surface area contributed by atoms with Gasteiger partial charge in [-0.25, -0.2) is 0 Å². The van der Waals surface area contributed by atoms with Crippen molar-refractivity contribution in [2.24, 2.45) is 0 Å². The Morgan fingerprint density at radius 1 is 1.00 bits per heavy atom. The fraction of sp³-hybridized carbons (Fsp3) is 0.250. The highest BCUT2D eigenvalue weighted by molar-refractivity contribution is 5.81. The minimum absolute atomic E-state index is 0.201. The molecule has 7 heteroatoms. The number of rotatable bonds is 1. The monoisotopic (exact) mass is 325 g/mol. The van der Waals surface area contributed by atoms with Crippen LogP contribution in [-0.4, -0.2) is 18.3 Å². The lowest BCUT2D eigenvalue weighted by Crippen LogP contribution is -2.04. The molecule has 0 bridgehead atoms. The van der Waals surface area contributed by atoms with Gasteiger partial charge in [-0.1, -0.05) is 0 Å². The molecule has 0 radical (unpaired) electrons. The molecule has 23 heavy (non-hydrogen) atoms. The highest BCUT2D eigenvalue weighted by Gasteiger charge is 2.31. The van der Waals surface area contributed by atoms with E-state index in [4.69, 9.17) is 15.2 Å². The molecule has 2 aromatic carbocycles. The molecule has 122 valence electrons. The Balaban J connectivity index is 2.14. The van der Waals surface area contributed by atoms with Crippen LogP contribution >= 0.6 is 0 Å². The number of phenolic OH excluding ortho intramolecular Hbond substituents is 1. The third kappa shape index (κ3) is 2.99. The van der Waals surface area contributed by atoms with Crippen LogP contribution in [0.5, 0.6) is 17.2 Å². The SMILES string of the molecule is Nc1cc2c(c(-c3ccc(C(F)(F)F)cc3O)c1)OCCCO2. The molecule has 3 rings (SSSR count). The number of nitrogen functional groups attached to an aromatic ring is 1. The lowest BCUT2D eigenvalue weighted by atomic mass is 10.00. The Hall–Kier alpha value is -2.57. The average Bonchev–Trinajstić information content (AvgIpc) is 2.70. The van der Waals surface area contributed by atoms with E-state index in [1.165, 1.54) is 12.1 Å². The molecule has 0 fully saturated rings. The zero-order chi connectivity index (χ0) is 16.6. The van der Waals surface area contributed by atoms with Gasteiger partial charge in [-0.15, -0.1) is 0 Å². The van der Waals surface area contributed by atoms with Crippen LogP contribution < -0.4 is 15.2 Å². The molecular formula is C16H14F3NO3. The molecule has 0 atom stereocenters. The van der Waals surface area contributed by atoms with E-state index in [0.29, 0.717) is 48.5 Å². The maximum absolute atomic E-state index is 12.7. The van der Waals surface area contributed by atoms with Crippen molar-refractivity contribution in [2.75, 3.05) is 18.9 Å². The number of halogens is 3. The van der Waals surface area contributed by atoms with E-state index in [2.05, 4.69) is 0 Å². The van der Waals surface area contributed by atoms with Crippen molar-refractivity contribution in [2.45, 2.75) is 12.6 Å². The van der Waals surface area contributed by atoms with Crippen LogP contribution in [0.3, 0.4) is 0 Å². The first-order chi connectivity index (χ1) is 10.9. The summed E-state index contributed by atoms with van der Waals surface area (Å²) in [6.07, 6.45) is -3.85. The Kier molecular flexibility index (Phi) is 3.71. The number of phenols is 1. The summed E-state index contributed by atoms with van der Waals surface area (Å²) in [5, 5.41) is 10.0. The van der Waals surface area contributed by atoms with E-state index >= 15 is 0 Å². The minimum Gasteiger partial charge on any atom is -0.507 e. The molecule has 1 aliphatic heterocycles. The molecule has 0 saturated carbocycles. The van der Waals surface area contributed by atoms with Gasteiger partial charge in [0.1, 0.15) is 5.75 Å². The minimum atomic E-state index is -4.53. The summed E-state index contributed by atoms with van der Waals surface area (Å²) in [4.78, 5) is 0. The molecule has 0 aliphatic carbocycles. The summed E-state index contributed by atoms with van der Waals surface area (Å²) in [6.45, 7) is 0.861. The molecule has 3 N–H and O–H groups in total. The maximum atomic E-state index is 12.7. The first kappa shape index (κ1) is 15.3. The van der Waals surface area contributed by atoms with E-state index < -0.39 is 17.5 Å². The normalized spacial score (nSPS) is 14.4. The number of anilines is 1. The lowest BCUT2D eigenvalue weighted by molar-refractivity contribution is -0.137. The Morgan fingerprint density at radius 2 is 1.74 bits per heavy atom. The van der Waals surface area contributed by atoms with Crippen molar-refractivity contribution in [3.63, 3.8) is 0 Å². The quantitative estimate of drug-likeness (QED) is 0.782. The predicted molar refractivity (Wildman–Crippen MR) is 78.6 cm³/mol. The number of benzene rings is 2. The van der Waals surface area contributed by atoms with Gasteiger partial charge in [0.25, 0.3) is 0 Å². The third-order valence-corrected chi connectivity index (χ3v) is 3.49. The number of alkyl halides is 3. The standard InChI is InChI=1S/C16H14F3NO3/c17-16(18,19)9-2-3-11(13(21)6-9)12-7-10(20)8-14-15(12)23-5-1-4-22-14/h2-3,6-8,21H,1,4-5,20H2. The van der Waals surface area contributed by atoms with Gasteiger partial charge in [0.2, 0.25) is 0 Å². The Labute approximate surface area is 130 Å². The molecule has 0 aromatic heterocycles. The molecule has 0 saturated heterocycles. The van der Waals surface area contributed by atoms with Crippen molar-refractivity contribution < 1.29 is 27.8 Å². The number of ether oxygens (including phenoxy) is 2. The van der Waals surface area contributed by atoms with Gasteiger partial charge in [0.05, 0.1) is 18.8 Å². The number of hydrogen-bond acceptors (Lipinski definition) is 4. The first-order valence-electron chi connectivity index (χ1n) is 6.96. The summed E-state index contributed by atoms with van der Waals surface area (Å²) < 4.78 is 49.3. The van der Waals surface area contributed by atoms with Crippen molar-refractivity contribution in [1.29, 1.82) is 0 Å². The molecule has 4 nitrogen and oxygen atoms in total.